The van der Waals surface area contributed by atoms with Crippen LogP contribution in [0.3, 0.4) is 0 Å². The van der Waals surface area contributed by atoms with E-state index in [-0.39, 0.29) is 22.8 Å². The smallest absolute Gasteiger partial charge is 0.342 e. The number of hydrogen-bond acceptors (Lipinski definition) is 5. The van der Waals surface area contributed by atoms with Crippen LogP contribution in [0.25, 0.3) is 16.7 Å². The lowest BCUT2D eigenvalue weighted by atomic mass is 10.3. The highest BCUT2D eigenvalue weighted by molar-refractivity contribution is 5.75. The Morgan fingerprint density at radius 2 is 1.86 bits per heavy atom. The molecule has 4 rings (SSSR count). The Kier molecular flexibility index (Phi) is 4.20. The number of aromatic nitrogens is 6. The molecule has 150 valence electrons. The van der Waals surface area contributed by atoms with Crippen LogP contribution in [0.4, 0.5) is 19.1 Å². The number of aromatic amines is 1. The molecule has 1 fully saturated rings. The van der Waals surface area contributed by atoms with Gasteiger partial charge in [-0.05, 0) is 33.6 Å². The van der Waals surface area contributed by atoms with Crippen LogP contribution < -0.4 is 10.5 Å². The zero-order valence-corrected chi connectivity index (χ0v) is 15.7. The molecule has 3 aromatic heterocycles. The first kappa shape index (κ1) is 18.5. The minimum atomic E-state index is -4.65. The number of hydrogen-bond donors (Lipinski definition) is 1. The fraction of sp³-hybridized carbons (Fsp3) is 0.529. The highest BCUT2D eigenvalue weighted by Gasteiger charge is 2.40. The highest BCUT2D eigenvalue weighted by Crippen LogP contribution is 2.35. The number of H-pyrrole nitrogens is 1. The molecule has 0 aromatic carbocycles. The minimum absolute atomic E-state index is 0.107. The third-order valence-corrected chi connectivity index (χ3v) is 4.89. The van der Waals surface area contributed by atoms with Gasteiger partial charge in [-0.3, -0.25) is 14.5 Å². The molecule has 0 spiro atoms. The maximum absolute atomic E-state index is 13.6. The Balaban J connectivity index is 1.90. The topological polar surface area (TPSA) is 84.6 Å². The van der Waals surface area contributed by atoms with Gasteiger partial charge in [0.2, 0.25) is 5.95 Å². The van der Waals surface area contributed by atoms with E-state index in [1.54, 1.807) is 20.8 Å². The molecule has 28 heavy (non-hydrogen) atoms. The Hall–Kier alpha value is -2.85. The summed E-state index contributed by atoms with van der Waals surface area (Å²) in [6.07, 6.45) is -1.38. The number of halogens is 3. The fourth-order valence-corrected chi connectivity index (χ4v) is 3.58. The van der Waals surface area contributed by atoms with E-state index in [9.17, 15) is 18.0 Å². The van der Waals surface area contributed by atoms with Gasteiger partial charge in [-0.15, -0.1) is 5.10 Å². The molecule has 0 amide bonds. The predicted octanol–water partition coefficient (Wildman–Crippen LogP) is 2.81. The van der Waals surface area contributed by atoms with Crippen molar-refractivity contribution in [2.75, 3.05) is 18.0 Å². The summed E-state index contributed by atoms with van der Waals surface area (Å²) in [4.78, 5) is 21.5. The van der Waals surface area contributed by atoms with E-state index in [0.29, 0.717) is 11.6 Å². The summed E-state index contributed by atoms with van der Waals surface area (Å²) in [5.74, 6) is 0.394. The molecule has 1 N–H and O–H groups in total. The van der Waals surface area contributed by atoms with Crippen LogP contribution in [0.15, 0.2) is 11.0 Å². The molecule has 1 saturated heterocycles. The maximum atomic E-state index is 13.6. The van der Waals surface area contributed by atoms with E-state index in [0.717, 1.165) is 30.6 Å². The third kappa shape index (κ3) is 2.94. The number of fused-ring (bicyclic) bond motifs is 1. The Bertz CT molecular complexity index is 1090. The average Bonchev–Trinajstić information content (AvgIpc) is 3.31. The molecular weight excluding hydrogens is 375 g/mol. The van der Waals surface area contributed by atoms with E-state index in [4.69, 9.17) is 0 Å². The van der Waals surface area contributed by atoms with Crippen LogP contribution in [-0.2, 0) is 6.18 Å². The number of rotatable bonds is 3. The summed E-state index contributed by atoms with van der Waals surface area (Å²) in [7, 11) is 0. The van der Waals surface area contributed by atoms with Gasteiger partial charge in [0.15, 0.2) is 11.3 Å². The Labute approximate surface area is 158 Å². The van der Waals surface area contributed by atoms with Crippen molar-refractivity contribution in [3.63, 3.8) is 0 Å². The molecule has 1 aliphatic rings. The molecule has 0 radical (unpaired) electrons. The van der Waals surface area contributed by atoms with Gasteiger partial charge in [0.25, 0.3) is 5.56 Å². The van der Waals surface area contributed by atoms with E-state index in [2.05, 4.69) is 20.2 Å². The number of nitrogens with zero attached hydrogens (tertiary/aromatic N) is 6. The summed E-state index contributed by atoms with van der Waals surface area (Å²) >= 11 is 0. The van der Waals surface area contributed by atoms with Crippen LogP contribution in [0.2, 0.25) is 0 Å². The summed E-state index contributed by atoms with van der Waals surface area (Å²) in [6.45, 7) is 6.59. The molecule has 0 atom stereocenters. The molecule has 4 heterocycles. The van der Waals surface area contributed by atoms with Crippen molar-refractivity contribution in [3.05, 3.63) is 27.9 Å². The van der Waals surface area contributed by atoms with E-state index in [1.165, 1.54) is 10.9 Å². The third-order valence-electron chi connectivity index (χ3n) is 4.89. The highest BCUT2D eigenvalue weighted by atomic mass is 19.4. The van der Waals surface area contributed by atoms with Gasteiger partial charge in [-0.2, -0.15) is 23.3 Å². The molecule has 1 aliphatic heterocycles. The fourth-order valence-electron chi connectivity index (χ4n) is 3.58. The molecule has 11 heteroatoms. The molecule has 3 aromatic rings. The van der Waals surface area contributed by atoms with E-state index < -0.39 is 17.4 Å². The second-order valence-corrected chi connectivity index (χ2v) is 7.21. The van der Waals surface area contributed by atoms with Gasteiger partial charge in [0.1, 0.15) is 11.1 Å². The summed E-state index contributed by atoms with van der Waals surface area (Å²) in [5.41, 5.74) is -1.24. The zero-order chi connectivity index (χ0) is 20.2. The lowest BCUT2D eigenvalue weighted by Gasteiger charge is -2.14. The normalized spacial score (nSPS) is 15.3. The van der Waals surface area contributed by atoms with Gasteiger partial charge < -0.3 is 4.90 Å². The number of anilines is 1. The van der Waals surface area contributed by atoms with Crippen LogP contribution in [-0.4, -0.2) is 42.6 Å². The van der Waals surface area contributed by atoms with Gasteiger partial charge in [-0.25, -0.2) is 4.68 Å². The average molecular weight is 395 g/mol. The first-order chi connectivity index (χ1) is 13.2. The first-order valence-electron chi connectivity index (χ1n) is 9.08. The number of alkyl halides is 3. The largest absolute Gasteiger partial charge is 0.437 e. The van der Waals surface area contributed by atoms with Crippen LogP contribution >= 0.6 is 0 Å². The molecule has 8 nitrogen and oxygen atoms in total. The van der Waals surface area contributed by atoms with Crippen molar-refractivity contribution in [2.45, 2.75) is 45.8 Å². The van der Waals surface area contributed by atoms with Crippen molar-refractivity contribution < 1.29 is 13.2 Å². The van der Waals surface area contributed by atoms with Crippen LogP contribution in [0, 0.1) is 6.92 Å². The van der Waals surface area contributed by atoms with Crippen LogP contribution in [0.1, 0.15) is 44.1 Å². The van der Waals surface area contributed by atoms with Gasteiger partial charge in [0, 0.05) is 25.3 Å². The minimum Gasteiger partial charge on any atom is -0.342 e. The van der Waals surface area contributed by atoms with Crippen molar-refractivity contribution in [3.8, 4) is 5.69 Å². The Morgan fingerprint density at radius 1 is 1.18 bits per heavy atom. The summed E-state index contributed by atoms with van der Waals surface area (Å²) in [6, 6.07) is -0.261. The maximum Gasteiger partial charge on any atom is 0.437 e. The summed E-state index contributed by atoms with van der Waals surface area (Å²) in [5, 5.41) is 8.07. The first-order valence-corrected chi connectivity index (χ1v) is 9.08. The predicted molar refractivity (Wildman–Crippen MR) is 96.8 cm³/mol. The molecule has 0 unspecified atom stereocenters. The molecular formula is C17H20F3N7O. The lowest BCUT2D eigenvalue weighted by molar-refractivity contribution is -0.141. The van der Waals surface area contributed by atoms with Crippen molar-refractivity contribution in [2.24, 2.45) is 0 Å². The number of nitrogens with one attached hydrogen (secondary N) is 1. The van der Waals surface area contributed by atoms with Crippen molar-refractivity contribution in [1.29, 1.82) is 0 Å². The van der Waals surface area contributed by atoms with Crippen molar-refractivity contribution >= 4 is 17.0 Å². The SMILES string of the molecule is Cc1c(-n2cc3c(=O)[nH]c(N4CCCC4)nc3n2)c(C(F)(F)F)nn1C(C)C. The zero-order valence-electron chi connectivity index (χ0n) is 15.7. The molecule has 0 aliphatic carbocycles. The summed E-state index contributed by atoms with van der Waals surface area (Å²) < 4.78 is 43.1. The van der Waals surface area contributed by atoms with Gasteiger partial charge >= 0.3 is 6.18 Å². The van der Waals surface area contributed by atoms with Gasteiger partial charge in [-0.1, -0.05) is 0 Å². The molecule has 0 bridgehead atoms. The quantitative estimate of drug-likeness (QED) is 0.737. The van der Waals surface area contributed by atoms with E-state index >= 15 is 0 Å². The van der Waals surface area contributed by atoms with E-state index in [1.807, 2.05) is 4.90 Å². The monoisotopic (exact) mass is 395 g/mol. The second kappa shape index (κ2) is 6.35. The Morgan fingerprint density at radius 3 is 2.46 bits per heavy atom. The van der Waals surface area contributed by atoms with Gasteiger partial charge in [0.05, 0.1) is 5.69 Å². The van der Waals surface area contributed by atoms with Crippen molar-refractivity contribution in [1.82, 2.24) is 29.5 Å². The standard InChI is InChI=1S/C17H20F3N7O/c1-9(2)27-10(3)12(13(23-27)17(18,19)20)26-8-11-14(24-26)21-16(22-15(11)28)25-6-4-5-7-25/h8-9H,4-7H2,1-3H3,(H,21,22,24,28). The second-order valence-electron chi connectivity index (χ2n) is 7.21. The van der Waals surface area contributed by atoms with Crippen LogP contribution in [0.5, 0.6) is 0 Å². The lowest BCUT2D eigenvalue weighted by Crippen LogP contribution is -2.23. The molecule has 0 saturated carbocycles.